The minimum atomic E-state index is 0.688. The van der Waals surface area contributed by atoms with Gasteiger partial charge >= 0.3 is 0 Å². The summed E-state index contributed by atoms with van der Waals surface area (Å²) in [4.78, 5) is 2.43. The highest BCUT2D eigenvalue weighted by atomic mass is 15.1. The molecule has 1 rings (SSSR count). The van der Waals surface area contributed by atoms with Gasteiger partial charge < -0.3 is 10.2 Å². The SMILES string of the molecule is CCC(C)CC(C)NC1CCN(C)CC1. The van der Waals surface area contributed by atoms with Gasteiger partial charge in [0.1, 0.15) is 0 Å². The smallest absolute Gasteiger partial charge is 0.00938 e. The lowest BCUT2D eigenvalue weighted by atomic mass is 9.98. The standard InChI is InChI=1S/C13H28N2/c1-5-11(2)10-12(3)14-13-6-8-15(4)9-7-13/h11-14H,5-10H2,1-4H3. The van der Waals surface area contributed by atoms with Crippen LogP contribution >= 0.6 is 0 Å². The van der Waals surface area contributed by atoms with Crippen molar-refractivity contribution in [1.29, 1.82) is 0 Å². The molecule has 0 saturated carbocycles. The van der Waals surface area contributed by atoms with Crippen molar-refractivity contribution in [1.82, 2.24) is 10.2 Å². The maximum absolute atomic E-state index is 3.78. The van der Waals surface area contributed by atoms with Crippen LogP contribution < -0.4 is 5.32 Å². The van der Waals surface area contributed by atoms with Crippen LogP contribution in [0.4, 0.5) is 0 Å². The minimum absolute atomic E-state index is 0.688. The molecular formula is C13H28N2. The molecular weight excluding hydrogens is 184 g/mol. The molecule has 0 aromatic carbocycles. The molecule has 2 unspecified atom stereocenters. The Morgan fingerprint density at radius 3 is 2.40 bits per heavy atom. The molecule has 0 bridgehead atoms. The average Bonchev–Trinajstić information content (AvgIpc) is 2.21. The van der Waals surface area contributed by atoms with Gasteiger partial charge in [0.25, 0.3) is 0 Å². The summed E-state index contributed by atoms with van der Waals surface area (Å²) >= 11 is 0. The summed E-state index contributed by atoms with van der Waals surface area (Å²) in [6.07, 6.45) is 5.27. The fourth-order valence-corrected chi connectivity index (χ4v) is 2.42. The topological polar surface area (TPSA) is 15.3 Å². The molecule has 1 aliphatic rings. The van der Waals surface area contributed by atoms with E-state index in [-0.39, 0.29) is 0 Å². The quantitative estimate of drug-likeness (QED) is 0.753. The van der Waals surface area contributed by atoms with E-state index in [0.29, 0.717) is 6.04 Å². The number of likely N-dealkylation sites (tertiary alicyclic amines) is 1. The van der Waals surface area contributed by atoms with E-state index in [0.717, 1.165) is 12.0 Å². The van der Waals surface area contributed by atoms with E-state index in [2.05, 4.69) is 38.0 Å². The van der Waals surface area contributed by atoms with Gasteiger partial charge in [0, 0.05) is 12.1 Å². The van der Waals surface area contributed by atoms with Crippen LogP contribution in [0.5, 0.6) is 0 Å². The van der Waals surface area contributed by atoms with E-state index in [1.165, 1.54) is 38.8 Å². The fraction of sp³-hybridized carbons (Fsp3) is 1.00. The molecule has 0 aromatic rings. The Hall–Kier alpha value is -0.0800. The number of hydrogen-bond donors (Lipinski definition) is 1. The predicted octanol–water partition coefficient (Wildman–Crippen LogP) is 2.49. The third-order valence-corrected chi connectivity index (χ3v) is 3.69. The Bertz CT molecular complexity index is 162. The summed E-state index contributed by atoms with van der Waals surface area (Å²) in [6, 6.07) is 1.45. The van der Waals surface area contributed by atoms with Gasteiger partial charge in [-0.2, -0.15) is 0 Å². The van der Waals surface area contributed by atoms with Gasteiger partial charge in [-0.05, 0) is 52.2 Å². The van der Waals surface area contributed by atoms with Crippen LogP contribution in [0.25, 0.3) is 0 Å². The van der Waals surface area contributed by atoms with Crippen LogP contribution in [0.3, 0.4) is 0 Å². The normalized spacial score (nSPS) is 24.0. The van der Waals surface area contributed by atoms with E-state index in [1.54, 1.807) is 0 Å². The van der Waals surface area contributed by atoms with Crippen LogP contribution in [-0.4, -0.2) is 37.1 Å². The zero-order chi connectivity index (χ0) is 11.3. The van der Waals surface area contributed by atoms with E-state index in [4.69, 9.17) is 0 Å². The van der Waals surface area contributed by atoms with Crippen LogP contribution in [0.2, 0.25) is 0 Å². The third-order valence-electron chi connectivity index (χ3n) is 3.69. The van der Waals surface area contributed by atoms with Gasteiger partial charge in [0.2, 0.25) is 0 Å². The molecule has 0 spiro atoms. The largest absolute Gasteiger partial charge is 0.311 e. The second-order valence-corrected chi connectivity index (χ2v) is 5.39. The zero-order valence-corrected chi connectivity index (χ0v) is 10.9. The van der Waals surface area contributed by atoms with Crippen molar-refractivity contribution in [2.24, 2.45) is 5.92 Å². The van der Waals surface area contributed by atoms with Crippen molar-refractivity contribution in [3.05, 3.63) is 0 Å². The van der Waals surface area contributed by atoms with Crippen LogP contribution in [0.15, 0.2) is 0 Å². The molecule has 15 heavy (non-hydrogen) atoms. The Morgan fingerprint density at radius 2 is 1.87 bits per heavy atom. The second kappa shape index (κ2) is 6.49. The second-order valence-electron chi connectivity index (χ2n) is 5.39. The summed E-state index contributed by atoms with van der Waals surface area (Å²) in [5, 5.41) is 3.78. The monoisotopic (exact) mass is 212 g/mol. The van der Waals surface area contributed by atoms with Gasteiger partial charge in [-0.25, -0.2) is 0 Å². The molecule has 90 valence electrons. The highest BCUT2D eigenvalue weighted by molar-refractivity contribution is 4.78. The molecule has 2 heteroatoms. The Kier molecular flexibility index (Phi) is 5.62. The van der Waals surface area contributed by atoms with Gasteiger partial charge in [0.05, 0.1) is 0 Å². The maximum atomic E-state index is 3.78. The molecule has 1 saturated heterocycles. The number of nitrogens with one attached hydrogen (secondary N) is 1. The molecule has 0 radical (unpaired) electrons. The van der Waals surface area contributed by atoms with Crippen LogP contribution in [-0.2, 0) is 0 Å². The highest BCUT2D eigenvalue weighted by Crippen LogP contribution is 2.13. The minimum Gasteiger partial charge on any atom is -0.311 e. The van der Waals surface area contributed by atoms with Crippen molar-refractivity contribution < 1.29 is 0 Å². The Balaban J connectivity index is 2.17. The summed E-state index contributed by atoms with van der Waals surface area (Å²) in [7, 11) is 2.22. The fourth-order valence-electron chi connectivity index (χ4n) is 2.42. The summed E-state index contributed by atoms with van der Waals surface area (Å²) in [5.74, 6) is 0.860. The molecule has 2 atom stereocenters. The van der Waals surface area contributed by atoms with E-state index in [1.807, 2.05) is 0 Å². The number of hydrogen-bond acceptors (Lipinski definition) is 2. The molecule has 2 nitrogen and oxygen atoms in total. The van der Waals surface area contributed by atoms with Crippen LogP contribution in [0.1, 0.15) is 46.5 Å². The number of rotatable bonds is 5. The maximum Gasteiger partial charge on any atom is 0.00938 e. The van der Waals surface area contributed by atoms with Crippen LogP contribution in [0, 0.1) is 5.92 Å². The lowest BCUT2D eigenvalue weighted by molar-refractivity contribution is 0.220. The molecule has 0 amide bonds. The molecule has 1 fully saturated rings. The van der Waals surface area contributed by atoms with E-state index >= 15 is 0 Å². The van der Waals surface area contributed by atoms with Gasteiger partial charge in [0.15, 0.2) is 0 Å². The van der Waals surface area contributed by atoms with E-state index < -0.39 is 0 Å². The molecule has 1 aliphatic heterocycles. The Morgan fingerprint density at radius 1 is 1.27 bits per heavy atom. The van der Waals surface area contributed by atoms with Crippen molar-refractivity contribution in [2.75, 3.05) is 20.1 Å². The molecule has 1 N–H and O–H groups in total. The molecule has 0 aliphatic carbocycles. The summed E-state index contributed by atoms with van der Waals surface area (Å²) in [5.41, 5.74) is 0. The lowest BCUT2D eigenvalue weighted by Gasteiger charge is -2.32. The first-order valence-electron chi connectivity index (χ1n) is 6.56. The first kappa shape index (κ1) is 13.0. The first-order chi connectivity index (χ1) is 7.11. The summed E-state index contributed by atoms with van der Waals surface area (Å²) in [6.45, 7) is 9.49. The molecule has 0 aromatic heterocycles. The number of nitrogens with zero attached hydrogens (tertiary/aromatic N) is 1. The third kappa shape index (κ3) is 4.98. The van der Waals surface area contributed by atoms with Crippen molar-refractivity contribution in [2.45, 2.75) is 58.5 Å². The van der Waals surface area contributed by atoms with Gasteiger partial charge in [-0.1, -0.05) is 20.3 Å². The Labute approximate surface area is 95.4 Å². The van der Waals surface area contributed by atoms with Gasteiger partial charge in [-0.3, -0.25) is 0 Å². The zero-order valence-electron chi connectivity index (χ0n) is 10.9. The highest BCUT2D eigenvalue weighted by Gasteiger charge is 2.18. The number of piperidine rings is 1. The van der Waals surface area contributed by atoms with Crippen molar-refractivity contribution in [3.8, 4) is 0 Å². The lowest BCUT2D eigenvalue weighted by Crippen LogP contribution is -2.44. The van der Waals surface area contributed by atoms with Gasteiger partial charge in [-0.15, -0.1) is 0 Å². The van der Waals surface area contributed by atoms with Crippen molar-refractivity contribution >= 4 is 0 Å². The summed E-state index contributed by atoms with van der Waals surface area (Å²) < 4.78 is 0. The molecule has 1 heterocycles. The van der Waals surface area contributed by atoms with Crippen molar-refractivity contribution in [3.63, 3.8) is 0 Å². The van der Waals surface area contributed by atoms with E-state index in [9.17, 15) is 0 Å². The first-order valence-corrected chi connectivity index (χ1v) is 6.56. The predicted molar refractivity (Wildman–Crippen MR) is 67.2 cm³/mol. The average molecular weight is 212 g/mol.